The van der Waals surface area contributed by atoms with Crippen molar-refractivity contribution in [3.63, 3.8) is 0 Å². The minimum Gasteiger partial charge on any atom is -0.480 e. The second kappa shape index (κ2) is 7.27. The van der Waals surface area contributed by atoms with Gasteiger partial charge in [0, 0.05) is 0 Å². The lowest BCUT2D eigenvalue weighted by Crippen LogP contribution is -2.56. The fourth-order valence-electron chi connectivity index (χ4n) is 1.53. The van der Waals surface area contributed by atoms with Crippen LogP contribution in [0.4, 0.5) is 0 Å². The van der Waals surface area contributed by atoms with Crippen molar-refractivity contribution in [3.05, 3.63) is 0 Å². The molecule has 5 nitrogen and oxygen atoms in total. The normalized spacial score (nSPS) is 13.2. The largest absolute Gasteiger partial charge is 0.480 e. The minimum absolute atomic E-state index is 0.275. The molecule has 0 saturated heterocycles. The highest BCUT2D eigenvalue weighted by atomic mass is 16.4. The summed E-state index contributed by atoms with van der Waals surface area (Å²) in [7, 11) is 0. The average molecular weight is 244 g/mol. The molecule has 0 aromatic heterocycles. The summed E-state index contributed by atoms with van der Waals surface area (Å²) in [6, 6.07) is -0.791. The zero-order valence-electron chi connectivity index (χ0n) is 11.2. The predicted molar refractivity (Wildman–Crippen MR) is 66.8 cm³/mol. The van der Waals surface area contributed by atoms with E-state index in [1.807, 2.05) is 13.8 Å². The van der Waals surface area contributed by atoms with Gasteiger partial charge in [0.05, 0.1) is 5.54 Å². The summed E-state index contributed by atoms with van der Waals surface area (Å²) in [5.74, 6) is -1.25. The quantitative estimate of drug-likeness (QED) is 0.598. The maximum atomic E-state index is 11.9. The summed E-state index contributed by atoms with van der Waals surface area (Å²) >= 11 is 0. The van der Waals surface area contributed by atoms with Crippen molar-refractivity contribution in [1.29, 1.82) is 0 Å². The van der Waals surface area contributed by atoms with Gasteiger partial charge >= 0.3 is 5.97 Å². The molecule has 0 aliphatic carbocycles. The van der Waals surface area contributed by atoms with Crippen LogP contribution in [0.5, 0.6) is 0 Å². The predicted octanol–water partition coefficient (Wildman–Crippen LogP) is 1.13. The van der Waals surface area contributed by atoms with Gasteiger partial charge in [-0.3, -0.25) is 4.79 Å². The zero-order chi connectivity index (χ0) is 13.5. The second-order valence-electron chi connectivity index (χ2n) is 4.66. The number of carbonyl (C=O) groups is 2. The molecule has 0 aromatic rings. The highest BCUT2D eigenvalue weighted by Gasteiger charge is 2.30. The molecule has 0 saturated carbocycles. The van der Waals surface area contributed by atoms with Gasteiger partial charge in [0.2, 0.25) is 5.91 Å². The van der Waals surface area contributed by atoms with E-state index in [0.29, 0.717) is 13.0 Å². The van der Waals surface area contributed by atoms with Gasteiger partial charge in [0.15, 0.2) is 0 Å². The Morgan fingerprint density at radius 3 is 2.29 bits per heavy atom. The third-order valence-electron chi connectivity index (χ3n) is 2.64. The van der Waals surface area contributed by atoms with Gasteiger partial charge in [-0.1, -0.05) is 26.7 Å². The summed E-state index contributed by atoms with van der Waals surface area (Å²) in [5, 5.41) is 14.6. The van der Waals surface area contributed by atoms with Crippen molar-refractivity contribution in [3.8, 4) is 0 Å². The summed E-state index contributed by atoms with van der Waals surface area (Å²) in [6.07, 6.45) is 2.18. The van der Waals surface area contributed by atoms with E-state index < -0.39 is 17.6 Å². The number of unbranched alkanes of at least 4 members (excludes halogenated alkanes) is 1. The van der Waals surface area contributed by atoms with Crippen LogP contribution in [0, 0.1) is 0 Å². The van der Waals surface area contributed by atoms with Crippen LogP contribution < -0.4 is 10.6 Å². The Balaban J connectivity index is 4.44. The molecule has 5 heteroatoms. The van der Waals surface area contributed by atoms with Gasteiger partial charge in [-0.15, -0.1) is 0 Å². The molecule has 100 valence electrons. The van der Waals surface area contributed by atoms with Crippen LogP contribution in [0.15, 0.2) is 0 Å². The molecule has 0 bridgehead atoms. The van der Waals surface area contributed by atoms with E-state index >= 15 is 0 Å². The molecule has 0 radical (unpaired) electrons. The fraction of sp³-hybridized carbons (Fsp3) is 0.833. The van der Waals surface area contributed by atoms with Crippen molar-refractivity contribution < 1.29 is 14.7 Å². The summed E-state index contributed by atoms with van der Waals surface area (Å²) in [6.45, 7) is 8.03. The van der Waals surface area contributed by atoms with Gasteiger partial charge in [-0.05, 0) is 26.8 Å². The lowest BCUT2D eigenvalue weighted by Gasteiger charge is -2.26. The highest BCUT2D eigenvalue weighted by Crippen LogP contribution is 2.06. The summed E-state index contributed by atoms with van der Waals surface area (Å²) < 4.78 is 0. The van der Waals surface area contributed by atoms with Crippen molar-refractivity contribution in [2.24, 2.45) is 0 Å². The number of rotatable bonds is 8. The fourth-order valence-corrected chi connectivity index (χ4v) is 1.53. The number of nitrogens with one attached hydrogen (secondary N) is 2. The summed E-state index contributed by atoms with van der Waals surface area (Å²) in [5.41, 5.74) is -0.741. The van der Waals surface area contributed by atoms with E-state index in [0.717, 1.165) is 12.8 Å². The molecule has 0 fully saturated rings. The van der Waals surface area contributed by atoms with Crippen LogP contribution in [-0.4, -0.2) is 35.1 Å². The number of hydrogen-bond donors (Lipinski definition) is 3. The molecular formula is C12H24N2O3. The van der Waals surface area contributed by atoms with Gasteiger partial charge < -0.3 is 15.7 Å². The Hall–Kier alpha value is -1.10. The van der Waals surface area contributed by atoms with Crippen LogP contribution in [0.1, 0.15) is 47.0 Å². The Morgan fingerprint density at radius 1 is 1.29 bits per heavy atom. The number of hydrogen-bond acceptors (Lipinski definition) is 3. The Bertz CT molecular complexity index is 264. The smallest absolute Gasteiger partial charge is 0.326 e. The molecule has 1 atom stereocenters. The SMILES string of the molecule is CCCC[C@H](NC(=O)C(C)(C)NCC)C(=O)O. The highest BCUT2D eigenvalue weighted by molar-refractivity contribution is 5.89. The van der Waals surface area contributed by atoms with Crippen molar-refractivity contribution in [2.45, 2.75) is 58.5 Å². The number of carboxylic acid groups (broad SMARTS) is 1. The van der Waals surface area contributed by atoms with Gasteiger partial charge in [-0.2, -0.15) is 0 Å². The number of likely N-dealkylation sites (N-methyl/N-ethyl adjacent to an activating group) is 1. The van der Waals surface area contributed by atoms with E-state index in [2.05, 4.69) is 10.6 Å². The molecule has 0 aliphatic rings. The number of amides is 1. The molecule has 0 aromatic carbocycles. The first-order valence-corrected chi connectivity index (χ1v) is 6.14. The van der Waals surface area contributed by atoms with Gasteiger partial charge in [-0.25, -0.2) is 4.79 Å². The Kier molecular flexibility index (Phi) is 6.80. The van der Waals surface area contributed by atoms with E-state index in [1.165, 1.54) is 0 Å². The molecule has 17 heavy (non-hydrogen) atoms. The van der Waals surface area contributed by atoms with Gasteiger partial charge in [0.25, 0.3) is 0 Å². The lowest BCUT2D eigenvalue weighted by molar-refractivity contribution is -0.143. The lowest BCUT2D eigenvalue weighted by atomic mass is 10.0. The van der Waals surface area contributed by atoms with Crippen LogP contribution in [-0.2, 0) is 9.59 Å². The summed E-state index contributed by atoms with van der Waals surface area (Å²) in [4.78, 5) is 22.9. The first kappa shape index (κ1) is 15.9. The minimum atomic E-state index is -0.973. The molecular weight excluding hydrogens is 220 g/mol. The van der Waals surface area contributed by atoms with E-state index in [-0.39, 0.29) is 5.91 Å². The van der Waals surface area contributed by atoms with Crippen molar-refractivity contribution in [1.82, 2.24) is 10.6 Å². The number of carboxylic acids is 1. The third kappa shape index (κ3) is 5.68. The van der Waals surface area contributed by atoms with Crippen LogP contribution in [0.2, 0.25) is 0 Å². The average Bonchev–Trinajstić information content (AvgIpc) is 2.23. The van der Waals surface area contributed by atoms with Crippen molar-refractivity contribution in [2.75, 3.05) is 6.54 Å². The first-order valence-electron chi connectivity index (χ1n) is 6.14. The molecule has 0 heterocycles. The van der Waals surface area contributed by atoms with Crippen LogP contribution in [0.3, 0.4) is 0 Å². The Morgan fingerprint density at radius 2 is 1.88 bits per heavy atom. The van der Waals surface area contributed by atoms with Crippen LogP contribution >= 0.6 is 0 Å². The zero-order valence-corrected chi connectivity index (χ0v) is 11.2. The second-order valence-corrected chi connectivity index (χ2v) is 4.66. The molecule has 1 amide bonds. The van der Waals surface area contributed by atoms with E-state index in [1.54, 1.807) is 13.8 Å². The molecule has 3 N–H and O–H groups in total. The standard InChI is InChI=1S/C12H24N2O3/c1-5-7-8-9(10(15)16)14-11(17)12(3,4)13-6-2/h9,13H,5-8H2,1-4H3,(H,14,17)(H,15,16)/t9-/m0/s1. The maximum Gasteiger partial charge on any atom is 0.326 e. The molecule has 0 unspecified atom stereocenters. The maximum absolute atomic E-state index is 11.9. The number of aliphatic carboxylic acids is 1. The van der Waals surface area contributed by atoms with E-state index in [4.69, 9.17) is 5.11 Å². The van der Waals surface area contributed by atoms with Crippen LogP contribution in [0.25, 0.3) is 0 Å². The monoisotopic (exact) mass is 244 g/mol. The topological polar surface area (TPSA) is 78.4 Å². The molecule has 0 aliphatic heterocycles. The van der Waals surface area contributed by atoms with E-state index in [9.17, 15) is 9.59 Å². The molecule has 0 spiro atoms. The van der Waals surface area contributed by atoms with Crippen molar-refractivity contribution >= 4 is 11.9 Å². The van der Waals surface area contributed by atoms with Gasteiger partial charge in [0.1, 0.15) is 6.04 Å². The molecule has 0 rings (SSSR count). The number of carbonyl (C=O) groups excluding carboxylic acids is 1. The Labute approximate surface area is 103 Å². The third-order valence-corrected chi connectivity index (χ3v) is 2.64. The first-order chi connectivity index (χ1) is 7.85.